The summed E-state index contributed by atoms with van der Waals surface area (Å²) in [5.74, 6) is -0.0644. The molecule has 0 radical (unpaired) electrons. The fourth-order valence-electron chi connectivity index (χ4n) is 2.54. The monoisotopic (exact) mass is 445 g/mol. The van der Waals surface area contributed by atoms with Crippen LogP contribution in [0.15, 0.2) is 34.7 Å². The van der Waals surface area contributed by atoms with Gasteiger partial charge < -0.3 is 15.8 Å². The number of nitriles is 1. The van der Waals surface area contributed by atoms with Gasteiger partial charge in [-0.3, -0.25) is 0 Å². The Labute approximate surface area is 180 Å². The van der Waals surface area contributed by atoms with Gasteiger partial charge in [0.1, 0.15) is 15.9 Å². The predicted octanol–water partition coefficient (Wildman–Crippen LogP) is 4.18. The van der Waals surface area contributed by atoms with E-state index in [9.17, 15) is 10.1 Å². The van der Waals surface area contributed by atoms with Crippen LogP contribution in [0.5, 0.6) is 0 Å². The molecule has 7 nitrogen and oxygen atoms in total. The summed E-state index contributed by atoms with van der Waals surface area (Å²) in [4.78, 5) is 12.6. The van der Waals surface area contributed by atoms with E-state index in [4.69, 9.17) is 10.5 Å². The number of nitrogens with zero attached hydrogens (tertiary/aromatic N) is 3. The van der Waals surface area contributed by atoms with Crippen molar-refractivity contribution in [3.05, 3.63) is 51.9 Å². The molecule has 0 fully saturated rings. The summed E-state index contributed by atoms with van der Waals surface area (Å²) in [6.45, 7) is 2.76. The number of hydrogen-bond acceptors (Lipinski definition) is 10. The van der Waals surface area contributed by atoms with Crippen LogP contribution >= 0.6 is 34.4 Å². The molecular weight excluding hydrogens is 426 g/mol. The van der Waals surface area contributed by atoms with E-state index in [0.717, 1.165) is 33.8 Å². The van der Waals surface area contributed by atoms with Crippen molar-refractivity contribution in [1.82, 2.24) is 10.2 Å². The maximum absolute atomic E-state index is 12.2. The van der Waals surface area contributed by atoms with E-state index in [1.807, 2.05) is 18.2 Å². The number of carbonyl (C=O) groups excluding carboxylic acids is 1. The minimum atomic E-state index is -0.457. The van der Waals surface area contributed by atoms with Gasteiger partial charge in [-0.2, -0.15) is 5.26 Å². The molecule has 0 unspecified atom stereocenters. The van der Waals surface area contributed by atoms with Crippen molar-refractivity contribution in [2.45, 2.75) is 23.4 Å². The molecule has 3 N–H and O–H groups in total. The molecule has 3 rings (SSSR count). The van der Waals surface area contributed by atoms with Gasteiger partial charge in [0.05, 0.1) is 12.2 Å². The molecule has 1 aromatic carbocycles. The standard InChI is InChI=1S/C19H19N5O2S3/c1-2-26-17(25)15-14(13(10-20)16(21)28-15)11-27-19-24-23-18(29-19)22-9-8-12-6-4-3-5-7-12/h3-7H,2,8-9,11,21H2,1H3,(H,22,23). The van der Waals surface area contributed by atoms with Crippen molar-refractivity contribution >= 4 is 50.5 Å². The zero-order valence-corrected chi connectivity index (χ0v) is 18.1. The number of nitrogen functional groups attached to an aromatic ring is 1. The molecule has 3 aromatic rings. The van der Waals surface area contributed by atoms with Crippen molar-refractivity contribution in [1.29, 1.82) is 5.26 Å². The average molecular weight is 446 g/mol. The minimum absolute atomic E-state index is 0.263. The van der Waals surface area contributed by atoms with E-state index in [-0.39, 0.29) is 6.61 Å². The molecule has 2 heterocycles. The van der Waals surface area contributed by atoms with Crippen LogP contribution in [0.4, 0.5) is 10.1 Å². The number of ether oxygens (including phenoxy) is 1. The molecule has 0 spiro atoms. The Morgan fingerprint density at radius 2 is 2.10 bits per heavy atom. The molecule has 10 heteroatoms. The normalized spacial score (nSPS) is 10.5. The number of thioether (sulfide) groups is 1. The van der Waals surface area contributed by atoms with E-state index < -0.39 is 5.97 Å². The lowest BCUT2D eigenvalue weighted by atomic mass is 10.2. The maximum Gasteiger partial charge on any atom is 0.348 e. The number of benzene rings is 1. The Morgan fingerprint density at radius 1 is 1.31 bits per heavy atom. The summed E-state index contributed by atoms with van der Waals surface area (Å²) < 4.78 is 5.83. The number of thiophene rings is 1. The Bertz CT molecular complexity index is 1010. The van der Waals surface area contributed by atoms with Crippen LogP contribution in [0.2, 0.25) is 0 Å². The topological polar surface area (TPSA) is 114 Å². The lowest BCUT2D eigenvalue weighted by Crippen LogP contribution is -2.05. The van der Waals surface area contributed by atoms with Crippen LogP contribution in [0.1, 0.15) is 33.3 Å². The van der Waals surface area contributed by atoms with E-state index in [0.29, 0.717) is 26.8 Å². The van der Waals surface area contributed by atoms with Gasteiger partial charge in [-0.1, -0.05) is 53.4 Å². The molecule has 0 bridgehead atoms. The van der Waals surface area contributed by atoms with Crippen molar-refractivity contribution < 1.29 is 9.53 Å². The molecule has 2 aromatic heterocycles. The van der Waals surface area contributed by atoms with Crippen LogP contribution in [-0.2, 0) is 16.9 Å². The largest absolute Gasteiger partial charge is 0.462 e. The number of rotatable bonds is 9. The van der Waals surface area contributed by atoms with Crippen LogP contribution in [0.25, 0.3) is 0 Å². The minimum Gasteiger partial charge on any atom is -0.462 e. The van der Waals surface area contributed by atoms with Gasteiger partial charge in [0, 0.05) is 17.9 Å². The Hall–Kier alpha value is -2.61. The highest BCUT2D eigenvalue weighted by atomic mass is 32.2. The summed E-state index contributed by atoms with van der Waals surface area (Å²) >= 11 is 3.93. The van der Waals surface area contributed by atoms with Crippen molar-refractivity contribution in [2.24, 2.45) is 0 Å². The molecule has 150 valence electrons. The van der Waals surface area contributed by atoms with Gasteiger partial charge in [-0.15, -0.1) is 21.5 Å². The van der Waals surface area contributed by atoms with Crippen LogP contribution in [0.3, 0.4) is 0 Å². The first-order valence-electron chi connectivity index (χ1n) is 8.84. The molecular formula is C19H19N5O2S3. The third kappa shape index (κ3) is 5.47. The summed E-state index contributed by atoms with van der Waals surface area (Å²) in [6, 6.07) is 12.3. The first kappa shape index (κ1) is 21.1. The number of nitrogens with one attached hydrogen (secondary N) is 1. The zero-order chi connectivity index (χ0) is 20.6. The molecule has 0 aliphatic carbocycles. The SMILES string of the molecule is CCOC(=O)c1sc(N)c(C#N)c1CSc1nnc(NCCc2ccccc2)s1. The zero-order valence-electron chi connectivity index (χ0n) is 15.7. The smallest absolute Gasteiger partial charge is 0.348 e. The molecule has 29 heavy (non-hydrogen) atoms. The van der Waals surface area contributed by atoms with E-state index in [2.05, 4.69) is 33.7 Å². The van der Waals surface area contributed by atoms with Gasteiger partial charge in [0.25, 0.3) is 0 Å². The highest BCUT2D eigenvalue weighted by molar-refractivity contribution is 8.00. The average Bonchev–Trinajstić information content (AvgIpc) is 3.31. The van der Waals surface area contributed by atoms with E-state index in [1.54, 1.807) is 6.92 Å². The number of nitrogens with two attached hydrogens (primary N) is 1. The number of esters is 1. The van der Waals surface area contributed by atoms with Crippen LogP contribution < -0.4 is 11.1 Å². The first-order chi connectivity index (χ1) is 14.1. The van der Waals surface area contributed by atoms with Gasteiger partial charge in [-0.05, 0) is 18.9 Å². The summed E-state index contributed by atoms with van der Waals surface area (Å²) in [5, 5.41) is 22.1. The second-order valence-corrected chi connectivity index (χ2v) is 9.06. The summed E-state index contributed by atoms with van der Waals surface area (Å²) in [6.07, 6.45) is 0.894. The highest BCUT2D eigenvalue weighted by Crippen LogP contribution is 2.36. The number of aromatic nitrogens is 2. The van der Waals surface area contributed by atoms with Crippen molar-refractivity contribution in [3.8, 4) is 6.07 Å². The van der Waals surface area contributed by atoms with Gasteiger partial charge in [0.15, 0.2) is 4.34 Å². The van der Waals surface area contributed by atoms with Crippen LogP contribution in [0, 0.1) is 11.3 Å². The van der Waals surface area contributed by atoms with Gasteiger partial charge in [0.2, 0.25) is 5.13 Å². The fraction of sp³-hybridized carbons (Fsp3) is 0.263. The van der Waals surface area contributed by atoms with Gasteiger partial charge >= 0.3 is 5.97 Å². The van der Waals surface area contributed by atoms with Gasteiger partial charge in [-0.25, -0.2) is 4.79 Å². The molecule has 0 saturated carbocycles. The van der Waals surface area contributed by atoms with E-state index in [1.165, 1.54) is 28.7 Å². The van der Waals surface area contributed by atoms with Crippen molar-refractivity contribution in [3.63, 3.8) is 0 Å². The third-order valence-electron chi connectivity index (χ3n) is 3.89. The predicted molar refractivity (Wildman–Crippen MR) is 118 cm³/mol. The summed E-state index contributed by atoms with van der Waals surface area (Å²) in [5.41, 5.74) is 8.08. The first-order valence-corrected chi connectivity index (χ1v) is 11.5. The quantitative estimate of drug-likeness (QED) is 0.372. The van der Waals surface area contributed by atoms with Crippen molar-refractivity contribution in [2.75, 3.05) is 24.2 Å². The van der Waals surface area contributed by atoms with E-state index >= 15 is 0 Å². The lowest BCUT2D eigenvalue weighted by molar-refractivity contribution is 0.0531. The Balaban J connectivity index is 1.61. The third-order valence-corrected chi connectivity index (χ3v) is 6.97. The molecule has 0 aliphatic heterocycles. The fourth-order valence-corrected chi connectivity index (χ4v) is 5.37. The Kier molecular flexibility index (Phi) is 7.46. The maximum atomic E-state index is 12.2. The number of carbonyl (C=O) groups is 1. The molecule has 0 aliphatic rings. The highest BCUT2D eigenvalue weighted by Gasteiger charge is 2.23. The second kappa shape index (κ2) is 10.2. The van der Waals surface area contributed by atoms with Crippen LogP contribution in [-0.4, -0.2) is 29.3 Å². The summed E-state index contributed by atoms with van der Waals surface area (Å²) in [7, 11) is 0. The second-order valence-electron chi connectivity index (χ2n) is 5.81. The lowest BCUT2D eigenvalue weighted by Gasteiger charge is -2.03. The number of hydrogen-bond donors (Lipinski definition) is 2. The Morgan fingerprint density at radius 3 is 2.83 bits per heavy atom. The molecule has 0 atom stereocenters. The number of anilines is 2. The molecule has 0 amide bonds. The molecule has 0 saturated heterocycles.